The van der Waals surface area contributed by atoms with Gasteiger partial charge >= 0.3 is 0 Å². The lowest BCUT2D eigenvalue weighted by Crippen LogP contribution is -2.09. The number of imidazole rings is 1. The van der Waals surface area contributed by atoms with E-state index in [2.05, 4.69) is 15.3 Å². The van der Waals surface area contributed by atoms with Gasteiger partial charge in [-0.15, -0.1) is 0 Å². The number of methoxy groups -OCH3 is 1. The molecule has 0 aliphatic rings. The molecule has 1 N–H and O–H groups in total. The molecule has 0 fully saturated rings. The van der Waals surface area contributed by atoms with Crippen LogP contribution < -0.4 is 10.1 Å². The lowest BCUT2D eigenvalue weighted by molar-refractivity contribution is 0.398. The number of hydrogen-bond donors (Lipinski definition) is 1. The molecule has 2 rings (SSSR count). The zero-order chi connectivity index (χ0) is 11.2. The normalized spacial score (nSPS) is 10.1. The van der Waals surface area contributed by atoms with E-state index in [1.807, 2.05) is 22.9 Å². The maximum atomic E-state index is 5.04. The highest BCUT2D eigenvalue weighted by Gasteiger charge is 1.96. The monoisotopic (exact) mass is 218 g/mol. The van der Waals surface area contributed by atoms with E-state index in [0.717, 1.165) is 18.8 Å². The molecule has 0 saturated carbocycles. The second kappa shape index (κ2) is 5.16. The van der Waals surface area contributed by atoms with Crippen molar-refractivity contribution >= 4 is 5.69 Å². The zero-order valence-corrected chi connectivity index (χ0v) is 9.13. The number of aromatic nitrogens is 3. The van der Waals surface area contributed by atoms with Crippen LogP contribution in [0.5, 0.6) is 5.88 Å². The average molecular weight is 218 g/mol. The molecule has 0 aliphatic heterocycles. The molecule has 0 amide bonds. The van der Waals surface area contributed by atoms with E-state index >= 15 is 0 Å². The van der Waals surface area contributed by atoms with Crippen molar-refractivity contribution in [3.8, 4) is 5.88 Å². The Morgan fingerprint density at radius 1 is 1.44 bits per heavy atom. The first-order chi connectivity index (χ1) is 7.88. The summed E-state index contributed by atoms with van der Waals surface area (Å²) in [6.07, 6.45) is 7.23. The summed E-state index contributed by atoms with van der Waals surface area (Å²) in [5, 5.41) is 3.29. The standard InChI is InChI=1S/C11H14N4O/c1-16-11-8-10(2-3-14-11)13-5-7-15-6-4-12-9-15/h2-4,6,8-9H,5,7H2,1H3,(H,13,14). The fraction of sp³-hybridized carbons (Fsp3) is 0.273. The molecule has 0 spiro atoms. The number of nitrogens with zero attached hydrogens (tertiary/aromatic N) is 3. The smallest absolute Gasteiger partial charge is 0.214 e. The number of hydrogen-bond acceptors (Lipinski definition) is 4. The Bertz CT molecular complexity index is 427. The molecule has 5 heteroatoms. The third-order valence-corrected chi connectivity index (χ3v) is 2.20. The van der Waals surface area contributed by atoms with Crippen LogP contribution in [0.1, 0.15) is 0 Å². The van der Waals surface area contributed by atoms with Gasteiger partial charge in [0.25, 0.3) is 0 Å². The Hall–Kier alpha value is -2.04. The summed E-state index contributed by atoms with van der Waals surface area (Å²) in [6.45, 7) is 1.72. The van der Waals surface area contributed by atoms with Gasteiger partial charge < -0.3 is 14.6 Å². The molecule has 2 aromatic heterocycles. The van der Waals surface area contributed by atoms with Gasteiger partial charge in [0.15, 0.2) is 0 Å². The maximum Gasteiger partial charge on any atom is 0.214 e. The predicted molar refractivity (Wildman–Crippen MR) is 61.5 cm³/mol. The highest BCUT2D eigenvalue weighted by molar-refractivity contribution is 5.44. The molecule has 0 aliphatic carbocycles. The minimum atomic E-state index is 0.618. The molecule has 5 nitrogen and oxygen atoms in total. The first-order valence-electron chi connectivity index (χ1n) is 5.08. The lowest BCUT2D eigenvalue weighted by atomic mass is 10.4. The molecular weight excluding hydrogens is 204 g/mol. The fourth-order valence-electron chi connectivity index (χ4n) is 1.38. The first-order valence-corrected chi connectivity index (χ1v) is 5.08. The van der Waals surface area contributed by atoms with E-state index in [-0.39, 0.29) is 0 Å². The van der Waals surface area contributed by atoms with Crippen molar-refractivity contribution in [3.63, 3.8) is 0 Å². The molecule has 0 bridgehead atoms. The zero-order valence-electron chi connectivity index (χ0n) is 9.13. The largest absolute Gasteiger partial charge is 0.481 e. The van der Waals surface area contributed by atoms with E-state index in [4.69, 9.17) is 4.74 Å². The number of ether oxygens (including phenoxy) is 1. The van der Waals surface area contributed by atoms with Gasteiger partial charge in [0.1, 0.15) is 0 Å². The summed E-state index contributed by atoms with van der Waals surface area (Å²) in [5.74, 6) is 0.618. The van der Waals surface area contributed by atoms with E-state index < -0.39 is 0 Å². The Balaban J connectivity index is 1.85. The van der Waals surface area contributed by atoms with Gasteiger partial charge in [-0.1, -0.05) is 0 Å². The van der Waals surface area contributed by atoms with Crippen LogP contribution in [-0.4, -0.2) is 28.2 Å². The highest BCUT2D eigenvalue weighted by atomic mass is 16.5. The molecule has 0 unspecified atom stereocenters. The Morgan fingerprint density at radius 3 is 3.12 bits per heavy atom. The van der Waals surface area contributed by atoms with Gasteiger partial charge in [0, 0.05) is 43.4 Å². The van der Waals surface area contributed by atoms with Crippen molar-refractivity contribution < 1.29 is 4.74 Å². The van der Waals surface area contributed by atoms with E-state index in [1.54, 1.807) is 25.8 Å². The Kier molecular flexibility index (Phi) is 3.38. The van der Waals surface area contributed by atoms with Crippen LogP contribution in [-0.2, 0) is 6.54 Å². The lowest BCUT2D eigenvalue weighted by Gasteiger charge is -2.07. The van der Waals surface area contributed by atoms with Gasteiger partial charge in [0.2, 0.25) is 5.88 Å². The SMILES string of the molecule is COc1cc(NCCn2ccnc2)ccn1. The summed E-state index contributed by atoms with van der Waals surface area (Å²) in [4.78, 5) is 8.02. The van der Waals surface area contributed by atoms with Crippen LogP contribution in [0.3, 0.4) is 0 Å². The number of rotatable bonds is 5. The Morgan fingerprint density at radius 2 is 2.38 bits per heavy atom. The molecule has 84 valence electrons. The summed E-state index contributed by atoms with van der Waals surface area (Å²) < 4.78 is 7.06. The van der Waals surface area contributed by atoms with Gasteiger partial charge in [-0.2, -0.15) is 0 Å². The third-order valence-electron chi connectivity index (χ3n) is 2.20. The van der Waals surface area contributed by atoms with E-state index in [1.165, 1.54) is 0 Å². The fourth-order valence-corrected chi connectivity index (χ4v) is 1.38. The summed E-state index contributed by atoms with van der Waals surface area (Å²) in [7, 11) is 1.61. The maximum absolute atomic E-state index is 5.04. The second-order valence-electron chi connectivity index (χ2n) is 3.31. The number of nitrogens with one attached hydrogen (secondary N) is 1. The van der Waals surface area contributed by atoms with E-state index in [9.17, 15) is 0 Å². The van der Waals surface area contributed by atoms with Gasteiger partial charge in [0.05, 0.1) is 13.4 Å². The van der Waals surface area contributed by atoms with Gasteiger partial charge in [-0.05, 0) is 6.07 Å². The molecule has 0 atom stereocenters. The quantitative estimate of drug-likeness (QED) is 0.824. The minimum Gasteiger partial charge on any atom is -0.481 e. The second-order valence-corrected chi connectivity index (χ2v) is 3.31. The van der Waals surface area contributed by atoms with Crippen LogP contribution in [0.25, 0.3) is 0 Å². The van der Waals surface area contributed by atoms with Gasteiger partial charge in [-0.25, -0.2) is 9.97 Å². The van der Waals surface area contributed by atoms with Crippen molar-refractivity contribution in [1.29, 1.82) is 0 Å². The predicted octanol–water partition coefficient (Wildman–Crippen LogP) is 1.40. The van der Waals surface area contributed by atoms with Crippen LogP contribution in [0, 0.1) is 0 Å². The minimum absolute atomic E-state index is 0.618. The summed E-state index contributed by atoms with van der Waals surface area (Å²) in [6, 6.07) is 3.78. The molecule has 0 aromatic carbocycles. The molecular formula is C11H14N4O. The van der Waals surface area contributed by atoms with Crippen LogP contribution in [0.4, 0.5) is 5.69 Å². The molecule has 0 radical (unpaired) electrons. The molecule has 0 saturated heterocycles. The molecule has 16 heavy (non-hydrogen) atoms. The summed E-state index contributed by atoms with van der Waals surface area (Å²) in [5.41, 5.74) is 1.01. The Labute approximate surface area is 94.1 Å². The van der Waals surface area contributed by atoms with Crippen LogP contribution in [0.2, 0.25) is 0 Å². The third kappa shape index (κ3) is 2.73. The van der Waals surface area contributed by atoms with Crippen LogP contribution >= 0.6 is 0 Å². The van der Waals surface area contributed by atoms with Crippen molar-refractivity contribution in [2.45, 2.75) is 6.54 Å². The average Bonchev–Trinajstić information content (AvgIpc) is 2.82. The van der Waals surface area contributed by atoms with Crippen molar-refractivity contribution in [2.75, 3.05) is 19.0 Å². The highest BCUT2D eigenvalue weighted by Crippen LogP contribution is 2.12. The number of anilines is 1. The van der Waals surface area contributed by atoms with Crippen LogP contribution in [0.15, 0.2) is 37.1 Å². The van der Waals surface area contributed by atoms with Crippen molar-refractivity contribution in [1.82, 2.24) is 14.5 Å². The van der Waals surface area contributed by atoms with E-state index in [0.29, 0.717) is 5.88 Å². The summed E-state index contributed by atoms with van der Waals surface area (Å²) >= 11 is 0. The topological polar surface area (TPSA) is 52.0 Å². The molecule has 2 aromatic rings. The molecule has 2 heterocycles. The number of pyridine rings is 1. The van der Waals surface area contributed by atoms with Gasteiger partial charge in [-0.3, -0.25) is 0 Å². The first kappa shape index (κ1) is 10.5. The van der Waals surface area contributed by atoms with Crippen molar-refractivity contribution in [3.05, 3.63) is 37.1 Å². The van der Waals surface area contributed by atoms with Crippen molar-refractivity contribution in [2.24, 2.45) is 0 Å².